The van der Waals surface area contributed by atoms with Gasteiger partial charge in [-0.15, -0.1) is 0 Å². The Balaban J connectivity index is 1.68. The van der Waals surface area contributed by atoms with Gasteiger partial charge in [-0.3, -0.25) is 24.0 Å². The summed E-state index contributed by atoms with van der Waals surface area (Å²) in [4.78, 5) is 69.2. The lowest BCUT2D eigenvalue weighted by atomic mass is 9.78. The van der Waals surface area contributed by atoms with Crippen LogP contribution in [0.15, 0.2) is 71.8 Å². The average Bonchev–Trinajstić information content (AvgIpc) is 3.45. The molecule has 9 atom stereocenters. The maximum Gasteiger partial charge on any atom is 0.312 e. The lowest BCUT2D eigenvalue weighted by Gasteiger charge is -2.38. The lowest BCUT2D eigenvalue weighted by molar-refractivity contribution is -0.160. The number of esters is 1. The third-order valence-corrected chi connectivity index (χ3v) is 11.1. The zero-order valence-corrected chi connectivity index (χ0v) is 33.7. The normalized spacial score (nSPS) is 31.4. The van der Waals surface area contributed by atoms with Crippen LogP contribution < -0.4 is 15.4 Å². The molecule has 5 bridgehead atoms. The van der Waals surface area contributed by atoms with E-state index in [1.807, 2.05) is 0 Å². The molecule has 0 fully saturated rings. The summed E-state index contributed by atoms with van der Waals surface area (Å²) in [7, 11) is 1.40. The van der Waals surface area contributed by atoms with Crippen molar-refractivity contribution in [1.29, 1.82) is 0 Å². The number of rotatable bonds is 4. The van der Waals surface area contributed by atoms with Crippen molar-refractivity contribution in [3.63, 3.8) is 0 Å². The number of nitrogens with one attached hydrogen (secondary N) is 2. The standard InChI is InChI=1S/C43H49FN2O12/c1-19-11-10-12-20(2)42(54)46-33-32(45-27-15-13-26(44)14-16-27)37(51)29-30(38(33)52)36(50)24(6)40-31(29)41(53)43(8,58-40)56-18-17-28(55-9)21(3)39(57-25(7)47)23(5)35(49)22(4)34(19)48/h10-19,21-23,28,34-35,39,45,48-50H,1-9H3,(H,46,54)/b11-10+,18-17+,20-12-. The number of hydrogen-bond acceptors (Lipinski definition) is 13. The molecule has 4 aliphatic rings. The molecular formula is C43H49FN2O12. The second-order valence-electron chi connectivity index (χ2n) is 15.2. The number of benzene rings is 2. The summed E-state index contributed by atoms with van der Waals surface area (Å²) in [5.74, 6) is -10.5. The predicted molar refractivity (Wildman–Crippen MR) is 208 cm³/mol. The highest BCUT2D eigenvalue weighted by Crippen LogP contribution is 2.48. The molecule has 9 unspecified atom stereocenters. The lowest BCUT2D eigenvalue weighted by Crippen LogP contribution is -2.46. The van der Waals surface area contributed by atoms with Crippen molar-refractivity contribution in [2.45, 2.75) is 85.6 Å². The van der Waals surface area contributed by atoms with Crippen LogP contribution in [-0.2, 0) is 23.8 Å². The van der Waals surface area contributed by atoms with Crippen LogP contribution in [0.3, 0.4) is 0 Å². The number of ether oxygens (including phenoxy) is 4. The van der Waals surface area contributed by atoms with Crippen molar-refractivity contribution in [1.82, 2.24) is 5.32 Å². The van der Waals surface area contributed by atoms with E-state index >= 15 is 0 Å². The van der Waals surface area contributed by atoms with Crippen molar-refractivity contribution < 1.29 is 62.6 Å². The number of anilines is 1. The van der Waals surface area contributed by atoms with Gasteiger partial charge in [0.05, 0.1) is 41.3 Å². The number of amides is 1. The van der Waals surface area contributed by atoms with Gasteiger partial charge in [-0.2, -0.15) is 0 Å². The van der Waals surface area contributed by atoms with Crippen LogP contribution in [0.25, 0.3) is 0 Å². The minimum absolute atomic E-state index is 0.0578. The minimum Gasteiger partial charge on any atom is -0.507 e. The second kappa shape index (κ2) is 17.1. The van der Waals surface area contributed by atoms with Crippen LogP contribution in [-0.4, -0.2) is 81.9 Å². The Morgan fingerprint density at radius 2 is 1.57 bits per heavy atom. The summed E-state index contributed by atoms with van der Waals surface area (Å²) in [5, 5.41) is 39.5. The van der Waals surface area contributed by atoms with Gasteiger partial charge in [-0.05, 0) is 44.2 Å². The Hall–Kier alpha value is -5.64. The fourth-order valence-corrected chi connectivity index (χ4v) is 7.49. The largest absolute Gasteiger partial charge is 0.507 e. The van der Waals surface area contributed by atoms with E-state index in [-0.39, 0.29) is 28.1 Å². The zero-order chi connectivity index (χ0) is 43.0. The van der Waals surface area contributed by atoms with Crippen LogP contribution in [0.4, 0.5) is 10.1 Å². The van der Waals surface area contributed by atoms with Crippen LogP contribution in [0.5, 0.6) is 11.5 Å². The van der Waals surface area contributed by atoms with E-state index in [4.69, 9.17) is 18.9 Å². The molecule has 0 aromatic heterocycles. The Morgan fingerprint density at radius 1 is 0.914 bits per heavy atom. The van der Waals surface area contributed by atoms with Gasteiger partial charge in [0.1, 0.15) is 34.8 Å². The molecule has 1 amide bonds. The van der Waals surface area contributed by atoms with Crippen LogP contribution in [0, 0.1) is 36.4 Å². The highest BCUT2D eigenvalue weighted by molar-refractivity contribution is 6.33. The molecule has 58 heavy (non-hydrogen) atoms. The molecule has 1 aliphatic carbocycles. The Labute approximate surface area is 335 Å². The summed E-state index contributed by atoms with van der Waals surface area (Å²) in [6.45, 7) is 12.1. The fraction of sp³-hybridized carbons (Fsp3) is 0.419. The highest BCUT2D eigenvalue weighted by Gasteiger charge is 2.53. The number of hydrogen-bond donors (Lipinski definition) is 5. The molecule has 14 nitrogen and oxygen atoms in total. The molecule has 2 aromatic carbocycles. The van der Waals surface area contributed by atoms with Gasteiger partial charge < -0.3 is 44.9 Å². The van der Waals surface area contributed by atoms with Gasteiger partial charge in [0, 0.05) is 61.5 Å². The molecule has 0 spiro atoms. The summed E-state index contributed by atoms with van der Waals surface area (Å²) in [6, 6.07) is 4.81. The van der Waals surface area contributed by atoms with Crippen molar-refractivity contribution >= 4 is 34.9 Å². The first kappa shape index (κ1) is 43.5. The summed E-state index contributed by atoms with van der Waals surface area (Å²) in [6.07, 6.45) is 3.11. The van der Waals surface area contributed by atoms with Gasteiger partial charge in [-0.25, -0.2) is 4.39 Å². The molecule has 6 rings (SSSR count). The van der Waals surface area contributed by atoms with E-state index in [9.17, 15) is 43.7 Å². The van der Waals surface area contributed by atoms with Gasteiger partial charge in [-0.1, -0.05) is 45.9 Å². The van der Waals surface area contributed by atoms with Crippen molar-refractivity contribution in [2.24, 2.45) is 23.7 Å². The van der Waals surface area contributed by atoms with Crippen molar-refractivity contribution in [3.8, 4) is 11.5 Å². The van der Waals surface area contributed by atoms with E-state index in [1.165, 1.54) is 65.2 Å². The number of aliphatic hydroxyl groups is 2. The maximum atomic E-state index is 14.6. The molecule has 2 aromatic rings. The van der Waals surface area contributed by atoms with Gasteiger partial charge in [0.25, 0.3) is 11.7 Å². The molecule has 0 radical (unpaired) electrons. The zero-order valence-electron chi connectivity index (χ0n) is 33.7. The van der Waals surface area contributed by atoms with Crippen LogP contribution in [0.2, 0.25) is 0 Å². The Bertz CT molecular complexity index is 2140. The monoisotopic (exact) mass is 804 g/mol. The number of phenolic OH excluding ortho intramolecular Hbond substituents is 1. The maximum absolute atomic E-state index is 14.6. The number of methoxy groups -OCH3 is 1. The predicted octanol–water partition coefficient (Wildman–Crippen LogP) is 5.21. The van der Waals surface area contributed by atoms with Crippen LogP contribution >= 0.6 is 0 Å². The molecular weight excluding hydrogens is 755 g/mol. The number of carbonyl (C=O) groups excluding carboxylic acids is 5. The number of halogens is 1. The number of phenols is 1. The molecule has 0 saturated carbocycles. The second-order valence-corrected chi connectivity index (χ2v) is 15.2. The first-order chi connectivity index (χ1) is 27.2. The molecule has 5 N–H and O–H groups in total. The third-order valence-electron chi connectivity index (χ3n) is 11.1. The summed E-state index contributed by atoms with van der Waals surface area (Å²) < 4.78 is 37.2. The smallest absolute Gasteiger partial charge is 0.312 e. The number of carbonyl (C=O) groups is 5. The Morgan fingerprint density at radius 3 is 2.19 bits per heavy atom. The summed E-state index contributed by atoms with van der Waals surface area (Å²) in [5.41, 5.74) is -2.25. The molecule has 3 aliphatic heterocycles. The average molecular weight is 805 g/mol. The van der Waals surface area contributed by atoms with Gasteiger partial charge in [0.15, 0.2) is 0 Å². The van der Waals surface area contributed by atoms with E-state index in [1.54, 1.807) is 33.8 Å². The number of aromatic hydroxyl groups is 1. The number of allylic oxidation sites excluding steroid dienone is 4. The molecule has 310 valence electrons. The fourth-order valence-electron chi connectivity index (χ4n) is 7.49. The van der Waals surface area contributed by atoms with E-state index < -0.39 is 117 Å². The van der Waals surface area contributed by atoms with Gasteiger partial charge >= 0.3 is 11.8 Å². The number of aliphatic hydroxyl groups excluding tert-OH is 2. The molecule has 3 heterocycles. The topological polar surface area (TPSA) is 207 Å². The van der Waals surface area contributed by atoms with Crippen molar-refractivity contribution in [3.05, 3.63) is 99.9 Å². The third kappa shape index (κ3) is 8.20. The molecule has 15 heteroatoms. The van der Waals surface area contributed by atoms with E-state index in [0.29, 0.717) is 0 Å². The SMILES string of the molecule is COC1/C=C/OC2(C)Oc3c(C)c(O)c4c(c3C2=O)C(=O)C(Nc2ccc(F)cc2)=C(NC(=O)/C(C)=C\C=C\C(C)C(O)C(C)C(O)C(C)C(OC(C)=O)C1C)C4=O. The molecule has 0 saturated heterocycles. The van der Waals surface area contributed by atoms with Gasteiger partial charge in [0.2, 0.25) is 11.6 Å². The quantitative estimate of drug-likeness (QED) is 0.252. The highest BCUT2D eigenvalue weighted by atomic mass is 19.1. The first-order valence-corrected chi connectivity index (χ1v) is 18.8. The van der Waals surface area contributed by atoms with Crippen LogP contribution in [0.1, 0.15) is 85.1 Å². The number of fused-ring (bicyclic) bond motifs is 14. The first-order valence-electron chi connectivity index (χ1n) is 18.8. The number of ketones is 3. The number of Topliss-reactive ketones (excluding diaryl/α,β-unsaturated/α-hetero) is 3. The van der Waals surface area contributed by atoms with E-state index in [2.05, 4.69) is 10.6 Å². The minimum atomic E-state index is -2.14. The van der Waals surface area contributed by atoms with E-state index in [0.717, 1.165) is 18.4 Å². The van der Waals surface area contributed by atoms with Crippen molar-refractivity contribution in [2.75, 3.05) is 12.4 Å². The Kier molecular flexibility index (Phi) is 12.8. The summed E-state index contributed by atoms with van der Waals surface area (Å²) >= 11 is 0.